The van der Waals surface area contributed by atoms with Crippen molar-refractivity contribution >= 4 is 17.5 Å². The number of amides is 2. The number of ether oxygens (including phenoxy) is 1. The van der Waals surface area contributed by atoms with Gasteiger partial charge in [-0.2, -0.15) is 0 Å². The zero-order valence-corrected chi connectivity index (χ0v) is 16.6. The molecule has 0 aliphatic carbocycles. The average Bonchev–Trinajstić information content (AvgIpc) is 3.24. The molecule has 1 saturated heterocycles. The molecule has 0 radical (unpaired) electrons. The molecule has 0 aromatic heterocycles. The fraction of sp³-hybridized carbons (Fsp3) is 0.391. The fourth-order valence-corrected chi connectivity index (χ4v) is 3.32. The van der Waals surface area contributed by atoms with Crippen LogP contribution in [0.1, 0.15) is 32.3 Å². The van der Waals surface area contributed by atoms with E-state index in [0.29, 0.717) is 13.1 Å². The normalized spacial score (nSPS) is 16.6. The minimum atomic E-state index is -1.19. The van der Waals surface area contributed by atoms with Crippen LogP contribution in [-0.2, 0) is 20.9 Å². The molecule has 1 aliphatic rings. The van der Waals surface area contributed by atoms with Gasteiger partial charge in [0.2, 0.25) is 11.8 Å². The fourth-order valence-electron chi connectivity index (χ4n) is 3.32. The van der Waals surface area contributed by atoms with E-state index in [2.05, 4.69) is 5.32 Å². The van der Waals surface area contributed by atoms with Crippen molar-refractivity contribution in [2.45, 2.75) is 39.3 Å². The molecule has 0 bridgehead atoms. The van der Waals surface area contributed by atoms with Gasteiger partial charge in [-0.3, -0.25) is 9.59 Å². The van der Waals surface area contributed by atoms with Crippen LogP contribution in [0.2, 0.25) is 0 Å². The number of hydrogen-bond acceptors (Lipinski definition) is 3. The van der Waals surface area contributed by atoms with E-state index < -0.39 is 5.41 Å². The molecule has 1 fully saturated rings. The van der Waals surface area contributed by atoms with Gasteiger partial charge in [0.25, 0.3) is 0 Å². The highest BCUT2D eigenvalue weighted by Gasteiger charge is 2.40. The van der Waals surface area contributed by atoms with Crippen LogP contribution in [0.15, 0.2) is 60.7 Å². The van der Waals surface area contributed by atoms with Crippen molar-refractivity contribution in [3.8, 4) is 0 Å². The number of benzene rings is 2. The molecule has 1 heterocycles. The van der Waals surface area contributed by atoms with Crippen LogP contribution in [0.3, 0.4) is 0 Å². The number of carbonyl (C=O) groups excluding carboxylic acids is 2. The molecule has 148 valence electrons. The molecule has 1 aliphatic heterocycles. The number of nitrogens with one attached hydrogen (secondary N) is 1. The van der Waals surface area contributed by atoms with Crippen molar-refractivity contribution in [3.05, 3.63) is 66.2 Å². The number of nitrogens with zero attached hydrogens (tertiary/aromatic N) is 1. The summed E-state index contributed by atoms with van der Waals surface area (Å²) < 4.78 is 5.56. The van der Waals surface area contributed by atoms with Gasteiger partial charge in [-0.15, -0.1) is 0 Å². The van der Waals surface area contributed by atoms with Gasteiger partial charge in [0, 0.05) is 18.8 Å². The smallest absolute Gasteiger partial charge is 0.242 e. The largest absolute Gasteiger partial charge is 0.376 e. The van der Waals surface area contributed by atoms with E-state index in [1.165, 1.54) is 0 Å². The Bertz CT molecular complexity index is 784. The summed E-state index contributed by atoms with van der Waals surface area (Å²) >= 11 is 0. The van der Waals surface area contributed by atoms with E-state index in [9.17, 15) is 9.59 Å². The van der Waals surface area contributed by atoms with E-state index in [1.54, 1.807) is 18.7 Å². The Kier molecular flexibility index (Phi) is 6.47. The first kappa shape index (κ1) is 20.1. The summed E-state index contributed by atoms with van der Waals surface area (Å²) in [4.78, 5) is 28.0. The van der Waals surface area contributed by atoms with Crippen molar-refractivity contribution in [1.29, 1.82) is 0 Å². The van der Waals surface area contributed by atoms with Gasteiger partial charge < -0.3 is 15.0 Å². The lowest BCUT2D eigenvalue weighted by Crippen LogP contribution is -2.50. The average molecular weight is 380 g/mol. The Labute approximate surface area is 166 Å². The standard InChI is InChI=1S/C23H28N2O3/c1-23(2,21(26)24-16-20-14-9-15-28-20)22(27)25(19-12-7-4-8-13-19)17-18-10-5-3-6-11-18/h3-8,10-13,20H,9,14-17H2,1-2H3,(H,24,26). The van der Waals surface area contributed by atoms with Gasteiger partial charge in [0.05, 0.1) is 12.6 Å². The minimum absolute atomic E-state index is 0.0457. The second kappa shape index (κ2) is 9.02. The van der Waals surface area contributed by atoms with E-state index in [1.807, 2.05) is 60.7 Å². The maximum absolute atomic E-state index is 13.4. The Morgan fingerprint density at radius 2 is 1.71 bits per heavy atom. The maximum Gasteiger partial charge on any atom is 0.242 e. The van der Waals surface area contributed by atoms with E-state index in [4.69, 9.17) is 4.74 Å². The molecule has 1 N–H and O–H groups in total. The number of anilines is 1. The molecule has 0 spiro atoms. The van der Waals surface area contributed by atoms with Crippen molar-refractivity contribution in [2.75, 3.05) is 18.1 Å². The summed E-state index contributed by atoms with van der Waals surface area (Å²) in [5, 5.41) is 2.90. The van der Waals surface area contributed by atoms with Crippen LogP contribution >= 0.6 is 0 Å². The number of rotatable bonds is 7. The van der Waals surface area contributed by atoms with Gasteiger partial charge >= 0.3 is 0 Å². The van der Waals surface area contributed by atoms with Gasteiger partial charge in [0.1, 0.15) is 5.41 Å². The number of para-hydroxylation sites is 1. The maximum atomic E-state index is 13.4. The third-order valence-electron chi connectivity index (χ3n) is 5.11. The summed E-state index contributed by atoms with van der Waals surface area (Å²) in [6.45, 7) is 4.95. The van der Waals surface area contributed by atoms with Crippen LogP contribution in [-0.4, -0.2) is 31.1 Å². The van der Waals surface area contributed by atoms with Gasteiger partial charge in [-0.1, -0.05) is 48.5 Å². The molecular formula is C23H28N2O3. The molecule has 3 rings (SSSR count). The predicted octanol–water partition coefficient (Wildman–Crippen LogP) is 3.54. The zero-order chi connectivity index (χ0) is 20.0. The molecule has 1 unspecified atom stereocenters. The zero-order valence-electron chi connectivity index (χ0n) is 16.6. The van der Waals surface area contributed by atoms with Crippen LogP contribution in [0.5, 0.6) is 0 Å². The van der Waals surface area contributed by atoms with Crippen molar-refractivity contribution < 1.29 is 14.3 Å². The first-order chi connectivity index (χ1) is 13.5. The second-order valence-electron chi connectivity index (χ2n) is 7.68. The van der Waals surface area contributed by atoms with Crippen LogP contribution < -0.4 is 10.2 Å². The van der Waals surface area contributed by atoms with E-state index in [0.717, 1.165) is 30.7 Å². The lowest BCUT2D eigenvalue weighted by Gasteiger charge is -2.31. The van der Waals surface area contributed by atoms with E-state index >= 15 is 0 Å². The Morgan fingerprint density at radius 3 is 2.32 bits per heavy atom. The van der Waals surface area contributed by atoms with Gasteiger partial charge in [-0.25, -0.2) is 0 Å². The number of carbonyl (C=O) groups is 2. The quantitative estimate of drug-likeness (QED) is 0.748. The molecule has 2 aromatic carbocycles. The summed E-state index contributed by atoms with van der Waals surface area (Å²) in [6, 6.07) is 19.3. The lowest BCUT2D eigenvalue weighted by atomic mass is 9.89. The molecule has 5 nitrogen and oxygen atoms in total. The van der Waals surface area contributed by atoms with Gasteiger partial charge in [0.15, 0.2) is 0 Å². The Morgan fingerprint density at radius 1 is 1.07 bits per heavy atom. The molecule has 28 heavy (non-hydrogen) atoms. The lowest BCUT2D eigenvalue weighted by molar-refractivity contribution is -0.140. The topological polar surface area (TPSA) is 58.6 Å². The van der Waals surface area contributed by atoms with Gasteiger partial charge in [-0.05, 0) is 44.4 Å². The first-order valence-electron chi connectivity index (χ1n) is 9.79. The van der Waals surface area contributed by atoms with Crippen LogP contribution in [0.25, 0.3) is 0 Å². The predicted molar refractivity (Wildman–Crippen MR) is 110 cm³/mol. The van der Waals surface area contributed by atoms with Crippen molar-refractivity contribution in [2.24, 2.45) is 5.41 Å². The van der Waals surface area contributed by atoms with Crippen molar-refractivity contribution in [3.63, 3.8) is 0 Å². The first-order valence-corrected chi connectivity index (χ1v) is 9.79. The van der Waals surface area contributed by atoms with Crippen molar-refractivity contribution in [1.82, 2.24) is 5.32 Å². The van der Waals surface area contributed by atoms with E-state index in [-0.39, 0.29) is 17.9 Å². The summed E-state index contributed by atoms with van der Waals surface area (Å²) in [7, 11) is 0. The molecule has 2 aromatic rings. The number of hydrogen-bond donors (Lipinski definition) is 1. The third kappa shape index (κ3) is 4.78. The monoisotopic (exact) mass is 380 g/mol. The summed E-state index contributed by atoms with van der Waals surface area (Å²) in [6.07, 6.45) is 2.00. The minimum Gasteiger partial charge on any atom is -0.376 e. The van der Waals surface area contributed by atoms with Crippen LogP contribution in [0.4, 0.5) is 5.69 Å². The molecule has 5 heteroatoms. The Hall–Kier alpha value is -2.66. The SMILES string of the molecule is CC(C)(C(=O)NCC1CCCO1)C(=O)N(Cc1ccccc1)c1ccccc1. The highest BCUT2D eigenvalue weighted by molar-refractivity contribution is 6.11. The highest BCUT2D eigenvalue weighted by Crippen LogP contribution is 2.26. The second-order valence-corrected chi connectivity index (χ2v) is 7.68. The molecule has 0 saturated carbocycles. The Balaban J connectivity index is 1.77. The highest BCUT2D eigenvalue weighted by atomic mass is 16.5. The third-order valence-corrected chi connectivity index (χ3v) is 5.11. The molecule has 2 amide bonds. The molecule has 1 atom stereocenters. The summed E-state index contributed by atoms with van der Waals surface area (Å²) in [5.41, 5.74) is 0.593. The molecular weight excluding hydrogens is 352 g/mol. The van der Waals surface area contributed by atoms with Crippen LogP contribution in [0, 0.1) is 5.41 Å². The summed E-state index contributed by atoms with van der Waals surface area (Å²) in [5.74, 6) is -0.505.